The van der Waals surface area contributed by atoms with Crippen LogP contribution in [0.5, 0.6) is 0 Å². The fourth-order valence-corrected chi connectivity index (χ4v) is 4.49. The molecule has 0 atom stereocenters. The highest BCUT2D eigenvalue weighted by Gasteiger charge is 2.08. The molecule has 0 radical (unpaired) electrons. The van der Waals surface area contributed by atoms with Gasteiger partial charge in [-0.1, -0.05) is 83.9 Å². The molecule has 0 N–H and O–H groups in total. The Kier molecular flexibility index (Phi) is 6.18. The number of nitrogens with zero attached hydrogens (tertiary/aromatic N) is 4. The summed E-state index contributed by atoms with van der Waals surface area (Å²) in [4.78, 5) is 0. The van der Waals surface area contributed by atoms with E-state index < -0.39 is 0 Å². The summed E-state index contributed by atoms with van der Waals surface area (Å²) in [5.41, 5.74) is 6.48. The van der Waals surface area contributed by atoms with Crippen LogP contribution in [0.4, 0.5) is 0 Å². The molecule has 162 valence electrons. The maximum absolute atomic E-state index is 6.21. The molecule has 0 fully saturated rings. The normalized spacial score (nSPS) is 10.9. The average molecular weight is 536 g/mol. The summed E-state index contributed by atoms with van der Waals surface area (Å²) in [5, 5.41) is 9.56. The number of hydrogen-bond donors (Lipinski definition) is 0. The van der Waals surface area contributed by atoms with Gasteiger partial charge >= 0.3 is 0 Å². The molecule has 4 nitrogen and oxygen atoms in total. The van der Waals surface area contributed by atoms with Crippen LogP contribution in [-0.2, 0) is 0 Å². The summed E-state index contributed by atoms with van der Waals surface area (Å²) in [6, 6.07) is 30.3. The van der Waals surface area contributed by atoms with Crippen molar-refractivity contribution in [3.63, 3.8) is 0 Å². The fraction of sp³-hybridized carbons (Fsp3) is 0. The first kappa shape index (κ1) is 21.7. The zero-order valence-electron chi connectivity index (χ0n) is 17.2. The lowest BCUT2D eigenvalue weighted by atomic mass is 10.1. The minimum Gasteiger partial charge on any atom is -0.222 e. The van der Waals surface area contributed by atoms with Gasteiger partial charge in [0.1, 0.15) is 10.3 Å². The molecule has 4 heterocycles. The van der Waals surface area contributed by atoms with E-state index in [0.29, 0.717) is 10.3 Å². The van der Waals surface area contributed by atoms with Gasteiger partial charge in [-0.05, 0) is 68.5 Å². The van der Waals surface area contributed by atoms with E-state index in [0.717, 1.165) is 37.8 Å². The Labute approximate surface area is 209 Å². The molecular weight excluding hydrogens is 519 g/mol. The SMILES string of the molecule is Clc1cc(-c2ccccc2)cc2c(Br)cnn12.Clc1cc(-c2ccccc2)cc2ccnn12. The minimum atomic E-state index is 0.604. The topological polar surface area (TPSA) is 34.6 Å². The third-order valence-electron chi connectivity index (χ3n) is 5.20. The van der Waals surface area contributed by atoms with Crippen LogP contribution in [0.1, 0.15) is 0 Å². The zero-order valence-corrected chi connectivity index (χ0v) is 20.3. The van der Waals surface area contributed by atoms with Crippen molar-refractivity contribution in [2.45, 2.75) is 0 Å². The van der Waals surface area contributed by atoms with Crippen LogP contribution in [0.2, 0.25) is 10.3 Å². The summed E-state index contributed by atoms with van der Waals surface area (Å²) in [6.07, 6.45) is 3.49. The van der Waals surface area contributed by atoms with Crippen molar-refractivity contribution in [1.82, 2.24) is 19.2 Å². The van der Waals surface area contributed by atoms with Crippen molar-refractivity contribution in [1.29, 1.82) is 0 Å². The molecule has 0 amide bonds. The standard InChI is InChI=1S/C13H8BrClN2.C13H9ClN2/c14-11-8-16-17-12(11)6-10(7-13(17)15)9-4-2-1-3-5-9;14-13-9-11(10-4-2-1-3-5-10)8-12-6-7-15-16(12)13/h1-8H;1-9H. The van der Waals surface area contributed by atoms with Gasteiger partial charge in [-0.25, -0.2) is 9.03 Å². The van der Waals surface area contributed by atoms with E-state index in [1.54, 1.807) is 21.4 Å². The van der Waals surface area contributed by atoms with Gasteiger partial charge in [0.25, 0.3) is 0 Å². The molecule has 0 saturated carbocycles. The zero-order chi connectivity index (χ0) is 22.8. The maximum atomic E-state index is 6.21. The van der Waals surface area contributed by atoms with E-state index in [-0.39, 0.29) is 0 Å². The van der Waals surface area contributed by atoms with E-state index >= 15 is 0 Å². The Balaban J connectivity index is 0.000000139. The second kappa shape index (κ2) is 9.40. The molecule has 7 heteroatoms. The van der Waals surface area contributed by atoms with Crippen LogP contribution >= 0.6 is 39.1 Å². The van der Waals surface area contributed by atoms with Gasteiger partial charge in [-0.2, -0.15) is 10.2 Å². The molecule has 0 saturated heterocycles. The number of aromatic nitrogens is 4. The Bertz CT molecular complexity index is 1540. The molecular formula is C26H17BrCl2N4. The summed E-state index contributed by atoms with van der Waals surface area (Å²) in [5.74, 6) is 0. The lowest BCUT2D eigenvalue weighted by Gasteiger charge is -2.04. The summed E-state index contributed by atoms with van der Waals surface area (Å²) in [7, 11) is 0. The van der Waals surface area contributed by atoms with Gasteiger partial charge < -0.3 is 0 Å². The molecule has 33 heavy (non-hydrogen) atoms. The average Bonchev–Trinajstić information content (AvgIpc) is 3.48. The predicted octanol–water partition coefficient (Wildman–Crippen LogP) is 8.07. The number of halogens is 3. The van der Waals surface area contributed by atoms with Gasteiger partial charge in [0.05, 0.1) is 27.9 Å². The van der Waals surface area contributed by atoms with Gasteiger partial charge in [0.15, 0.2) is 0 Å². The molecule has 0 bridgehead atoms. The third kappa shape index (κ3) is 4.53. The summed E-state index contributed by atoms with van der Waals surface area (Å²) < 4.78 is 4.36. The van der Waals surface area contributed by atoms with Crippen molar-refractivity contribution in [2.75, 3.05) is 0 Å². The van der Waals surface area contributed by atoms with Crippen LogP contribution in [0.25, 0.3) is 33.3 Å². The number of hydrogen-bond acceptors (Lipinski definition) is 2. The molecule has 6 rings (SSSR count). The van der Waals surface area contributed by atoms with Crippen molar-refractivity contribution >= 4 is 50.2 Å². The molecule has 0 aliphatic carbocycles. The van der Waals surface area contributed by atoms with Crippen LogP contribution < -0.4 is 0 Å². The molecule has 0 aliphatic heterocycles. The Morgan fingerprint density at radius 3 is 1.82 bits per heavy atom. The number of pyridine rings is 2. The first-order chi connectivity index (χ1) is 16.1. The summed E-state index contributed by atoms with van der Waals surface area (Å²) in [6.45, 7) is 0. The lowest BCUT2D eigenvalue weighted by molar-refractivity contribution is 0.962. The molecule has 0 spiro atoms. The molecule has 4 aromatic heterocycles. The van der Waals surface area contributed by atoms with Crippen LogP contribution in [-0.4, -0.2) is 19.2 Å². The molecule has 0 aliphatic rings. The Morgan fingerprint density at radius 2 is 1.18 bits per heavy atom. The molecule has 2 aromatic carbocycles. The van der Waals surface area contributed by atoms with Gasteiger partial charge in [-0.15, -0.1) is 0 Å². The van der Waals surface area contributed by atoms with E-state index in [1.165, 1.54) is 0 Å². The van der Waals surface area contributed by atoms with Crippen LogP contribution in [0.3, 0.4) is 0 Å². The van der Waals surface area contributed by atoms with Gasteiger partial charge in [-0.3, -0.25) is 0 Å². The van der Waals surface area contributed by atoms with E-state index in [2.05, 4.69) is 62.5 Å². The second-order valence-corrected chi connectivity index (χ2v) is 8.95. The monoisotopic (exact) mass is 534 g/mol. The Hall–Kier alpha value is -3.12. The van der Waals surface area contributed by atoms with Crippen molar-refractivity contribution in [3.05, 3.63) is 118 Å². The smallest absolute Gasteiger partial charge is 0.131 e. The van der Waals surface area contributed by atoms with Crippen molar-refractivity contribution in [3.8, 4) is 22.3 Å². The predicted molar refractivity (Wildman–Crippen MR) is 139 cm³/mol. The largest absolute Gasteiger partial charge is 0.222 e. The van der Waals surface area contributed by atoms with Gasteiger partial charge in [0, 0.05) is 0 Å². The van der Waals surface area contributed by atoms with Crippen LogP contribution in [0.15, 0.2) is 108 Å². The molecule has 0 unspecified atom stereocenters. The second-order valence-electron chi connectivity index (χ2n) is 7.32. The number of fused-ring (bicyclic) bond motifs is 2. The van der Waals surface area contributed by atoms with Crippen LogP contribution in [0, 0.1) is 0 Å². The van der Waals surface area contributed by atoms with E-state index in [4.69, 9.17) is 23.2 Å². The first-order valence-electron chi connectivity index (χ1n) is 10.2. The lowest BCUT2D eigenvalue weighted by Crippen LogP contribution is -1.90. The molecule has 6 aromatic rings. The number of rotatable bonds is 2. The van der Waals surface area contributed by atoms with Crippen molar-refractivity contribution < 1.29 is 0 Å². The number of benzene rings is 2. The quantitative estimate of drug-likeness (QED) is 0.210. The van der Waals surface area contributed by atoms with E-state index in [9.17, 15) is 0 Å². The Morgan fingerprint density at radius 1 is 0.606 bits per heavy atom. The van der Waals surface area contributed by atoms with E-state index in [1.807, 2.05) is 54.6 Å². The minimum absolute atomic E-state index is 0.604. The third-order valence-corrected chi connectivity index (χ3v) is 6.34. The highest BCUT2D eigenvalue weighted by molar-refractivity contribution is 9.10. The summed E-state index contributed by atoms with van der Waals surface area (Å²) >= 11 is 15.8. The highest BCUT2D eigenvalue weighted by atomic mass is 79.9. The first-order valence-corrected chi connectivity index (χ1v) is 11.7. The fourth-order valence-electron chi connectivity index (χ4n) is 3.60. The van der Waals surface area contributed by atoms with Crippen molar-refractivity contribution in [2.24, 2.45) is 0 Å². The van der Waals surface area contributed by atoms with Gasteiger partial charge in [0.2, 0.25) is 0 Å². The maximum Gasteiger partial charge on any atom is 0.131 e. The highest BCUT2D eigenvalue weighted by Crippen LogP contribution is 2.28.